The summed E-state index contributed by atoms with van der Waals surface area (Å²) in [4.78, 5) is 16.7. The fraction of sp³-hybridized carbons (Fsp3) is 0.227. The fourth-order valence-electron chi connectivity index (χ4n) is 3.70. The zero-order valence-corrected chi connectivity index (χ0v) is 18.9. The number of pyridine rings is 1. The average Bonchev–Trinajstić information content (AvgIpc) is 3.16. The molecule has 0 saturated carbocycles. The summed E-state index contributed by atoms with van der Waals surface area (Å²) in [5.74, 6) is -0.610. The number of allylic oxidation sites excluding steroid dienone is 1. The molecule has 0 unspecified atom stereocenters. The molecule has 0 radical (unpaired) electrons. The van der Waals surface area contributed by atoms with Crippen molar-refractivity contribution >= 4 is 35.0 Å². The van der Waals surface area contributed by atoms with Crippen LogP contribution >= 0.6 is 23.2 Å². The third kappa shape index (κ3) is 4.30. The Kier molecular flexibility index (Phi) is 6.11. The number of nitrogens with zero attached hydrogens (tertiary/aromatic N) is 3. The maximum absolute atomic E-state index is 13.0. The van der Waals surface area contributed by atoms with Crippen molar-refractivity contribution in [2.75, 3.05) is 11.9 Å². The number of carbonyl (C=O) groups excluding carboxylic acids is 1. The molecule has 172 valence electrons. The van der Waals surface area contributed by atoms with Crippen molar-refractivity contribution in [2.24, 2.45) is 0 Å². The first-order valence-electron chi connectivity index (χ1n) is 9.83. The largest absolute Gasteiger partial charge is 0.463 e. The number of hydrogen-bond acceptors (Lipinski definition) is 5. The quantitative estimate of drug-likeness (QED) is 0.449. The Bertz CT molecular complexity index is 1250. The number of ether oxygens (including phenoxy) is 1. The summed E-state index contributed by atoms with van der Waals surface area (Å²) in [6.45, 7) is 3.61. The Hall–Kier alpha value is -3.04. The lowest BCUT2D eigenvalue weighted by atomic mass is 9.83. The van der Waals surface area contributed by atoms with Gasteiger partial charge in [-0.1, -0.05) is 35.3 Å². The molecule has 1 aliphatic heterocycles. The van der Waals surface area contributed by atoms with Crippen LogP contribution < -0.4 is 5.32 Å². The third-order valence-electron chi connectivity index (χ3n) is 5.16. The molecular weight excluding hydrogens is 480 g/mol. The Balaban J connectivity index is 1.86. The number of anilines is 1. The van der Waals surface area contributed by atoms with Gasteiger partial charge in [-0.25, -0.2) is 9.78 Å². The highest BCUT2D eigenvalue weighted by atomic mass is 35.5. The highest BCUT2D eigenvalue weighted by Crippen LogP contribution is 2.43. The Morgan fingerprint density at radius 1 is 1.21 bits per heavy atom. The molecule has 0 aliphatic carbocycles. The molecule has 4 rings (SSSR count). The van der Waals surface area contributed by atoms with Crippen LogP contribution in [0.25, 0.3) is 5.82 Å². The molecule has 1 aliphatic rings. The monoisotopic (exact) mass is 496 g/mol. The average molecular weight is 497 g/mol. The standard InChI is InChI=1S/C22H17Cl2F3N4O2/c1-3-33-21(32)17-11(2)30-19-15(18(17)12-4-6-14(23)7-5-12)10-29-31(19)20-16(24)8-13(9-28-20)22(25,26)27/h4-10,18,30H,3H2,1-2H3/t18-/m1/s1. The normalized spacial score (nSPS) is 15.8. The first-order valence-corrected chi connectivity index (χ1v) is 10.6. The zero-order valence-electron chi connectivity index (χ0n) is 17.4. The number of halogens is 5. The van der Waals surface area contributed by atoms with Gasteiger partial charge in [0.2, 0.25) is 0 Å². The van der Waals surface area contributed by atoms with Crippen LogP contribution in [0.4, 0.5) is 19.0 Å². The van der Waals surface area contributed by atoms with Crippen molar-refractivity contribution in [3.05, 3.63) is 80.7 Å². The van der Waals surface area contributed by atoms with Gasteiger partial charge in [-0.15, -0.1) is 0 Å². The lowest BCUT2D eigenvalue weighted by Crippen LogP contribution is -2.25. The van der Waals surface area contributed by atoms with Crippen molar-refractivity contribution in [1.29, 1.82) is 0 Å². The third-order valence-corrected chi connectivity index (χ3v) is 5.69. The van der Waals surface area contributed by atoms with Crippen molar-refractivity contribution in [1.82, 2.24) is 14.8 Å². The van der Waals surface area contributed by atoms with E-state index < -0.39 is 23.6 Å². The van der Waals surface area contributed by atoms with Crippen LogP contribution in [0.2, 0.25) is 10.0 Å². The molecule has 2 aromatic heterocycles. The van der Waals surface area contributed by atoms with E-state index in [0.29, 0.717) is 33.9 Å². The Labute approximate surface area is 197 Å². The van der Waals surface area contributed by atoms with E-state index in [2.05, 4.69) is 15.4 Å². The topological polar surface area (TPSA) is 69.0 Å². The molecule has 3 heterocycles. The predicted molar refractivity (Wildman–Crippen MR) is 118 cm³/mol. The van der Waals surface area contributed by atoms with Gasteiger partial charge in [-0.3, -0.25) is 0 Å². The van der Waals surface area contributed by atoms with Gasteiger partial charge in [0, 0.05) is 28.4 Å². The zero-order chi connectivity index (χ0) is 23.9. The number of rotatable bonds is 4. The highest BCUT2D eigenvalue weighted by molar-refractivity contribution is 6.32. The van der Waals surface area contributed by atoms with E-state index >= 15 is 0 Å². The minimum absolute atomic E-state index is 0.0145. The summed E-state index contributed by atoms with van der Waals surface area (Å²) in [7, 11) is 0. The molecule has 0 fully saturated rings. The van der Waals surface area contributed by atoms with Gasteiger partial charge in [0.1, 0.15) is 5.82 Å². The number of nitrogens with one attached hydrogen (secondary N) is 1. The van der Waals surface area contributed by atoms with E-state index in [0.717, 1.165) is 11.6 Å². The summed E-state index contributed by atoms with van der Waals surface area (Å²) < 4.78 is 45.6. The number of hydrogen-bond donors (Lipinski definition) is 1. The second-order valence-corrected chi connectivity index (χ2v) is 8.10. The summed E-state index contributed by atoms with van der Waals surface area (Å²) in [5, 5.41) is 7.73. The first kappa shape index (κ1) is 23.1. The summed E-state index contributed by atoms with van der Waals surface area (Å²) in [6, 6.07) is 7.78. The summed E-state index contributed by atoms with van der Waals surface area (Å²) in [5.41, 5.74) is 1.28. The van der Waals surface area contributed by atoms with Crippen LogP contribution in [0.1, 0.15) is 36.5 Å². The molecule has 1 aromatic carbocycles. The summed E-state index contributed by atoms with van der Waals surface area (Å²) in [6.07, 6.45) is -2.37. The maximum Gasteiger partial charge on any atom is 0.417 e. The van der Waals surface area contributed by atoms with Crippen LogP contribution in [0.15, 0.2) is 54.0 Å². The predicted octanol–water partition coefficient (Wildman–Crippen LogP) is 5.99. The molecule has 11 heteroatoms. The van der Waals surface area contributed by atoms with Gasteiger partial charge in [0.25, 0.3) is 0 Å². The second kappa shape index (κ2) is 8.72. The van der Waals surface area contributed by atoms with E-state index in [1.165, 1.54) is 10.9 Å². The van der Waals surface area contributed by atoms with Gasteiger partial charge >= 0.3 is 12.1 Å². The van der Waals surface area contributed by atoms with Gasteiger partial charge in [-0.05, 0) is 37.6 Å². The first-order chi connectivity index (χ1) is 15.6. The van der Waals surface area contributed by atoms with Gasteiger partial charge in [0.15, 0.2) is 5.82 Å². The maximum atomic E-state index is 13.0. The fourth-order valence-corrected chi connectivity index (χ4v) is 4.07. The lowest BCUT2D eigenvalue weighted by Gasteiger charge is -2.28. The number of fused-ring (bicyclic) bond motifs is 1. The molecule has 33 heavy (non-hydrogen) atoms. The summed E-state index contributed by atoms with van der Waals surface area (Å²) >= 11 is 12.2. The lowest BCUT2D eigenvalue weighted by molar-refractivity contribution is -0.139. The molecular formula is C22H17Cl2F3N4O2. The van der Waals surface area contributed by atoms with Gasteiger partial charge in [-0.2, -0.15) is 23.0 Å². The Morgan fingerprint density at radius 2 is 1.91 bits per heavy atom. The molecule has 0 saturated heterocycles. The van der Waals surface area contributed by atoms with E-state index in [9.17, 15) is 18.0 Å². The van der Waals surface area contributed by atoms with Crippen LogP contribution in [-0.4, -0.2) is 27.3 Å². The molecule has 1 atom stereocenters. The van der Waals surface area contributed by atoms with Crippen molar-refractivity contribution in [3.63, 3.8) is 0 Å². The van der Waals surface area contributed by atoms with Crippen molar-refractivity contribution < 1.29 is 22.7 Å². The number of benzene rings is 1. The van der Waals surface area contributed by atoms with Crippen molar-refractivity contribution in [2.45, 2.75) is 25.9 Å². The second-order valence-electron chi connectivity index (χ2n) is 7.26. The van der Waals surface area contributed by atoms with Crippen LogP contribution in [0.3, 0.4) is 0 Å². The minimum Gasteiger partial charge on any atom is -0.463 e. The molecule has 0 bridgehead atoms. The number of carbonyl (C=O) groups is 1. The Morgan fingerprint density at radius 3 is 2.52 bits per heavy atom. The highest BCUT2D eigenvalue weighted by Gasteiger charge is 2.37. The smallest absolute Gasteiger partial charge is 0.417 e. The molecule has 0 amide bonds. The van der Waals surface area contributed by atoms with E-state index in [-0.39, 0.29) is 17.4 Å². The molecule has 0 spiro atoms. The molecule has 1 N–H and O–H groups in total. The number of aromatic nitrogens is 3. The van der Waals surface area contributed by atoms with Crippen molar-refractivity contribution in [3.8, 4) is 5.82 Å². The van der Waals surface area contributed by atoms with Crippen LogP contribution in [-0.2, 0) is 15.7 Å². The SMILES string of the molecule is CCOC(=O)C1=C(C)Nc2c(cnn2-c2ncc(C(F)(F)F)cc2Cl)[C@H]1c1ccc(Cl)cc1. The van der Waals surface area contributed by atoms with E-state index in [1.54, 1.807) is 38.1 Å². The number of alkyl halides is 3. The van der Waals surface area contributed by atoms with Gasteiger partial charge < -0.3 is 10.1 Å². The molecule has 6 nitrogen and oxygen atoms in total. The van der Waals surface area contributed by atoms with E-state index in [4.69, 9.17) is 27.9 Å². The number of esters is 1. The van der Waals surface area contributed by atoms with E-state index in [1.807, 2.05) is 0 Å². The molecule has 3 aromatic rings. The van der Waals surface area contributed by atoms with Crippen LogP contribution in [0, 0.1) is 0 Å². The van der Waals surface area contributed by atoms with Gasteiger partial charge in [0.05, 0.1) is 29.0 Å². The minimum atomic E-state index is -4.58. The van der Waals surface area contributed by atoms with Crippen LogP contribution in [0.5, 0.6) is 0 Å².